The van der Waals surface area contributed by atoms with Crippen molar-refractivity contribution in [2.75, 3.05) is 31.6 Å². The van der Waals surface area contributed by atoms with Gasteiger partial charge < -0.3 is 15.0 Å². The lowest BCUT2D eigenvalue weighted by Crippen LogP contribution is -2.40. The SMILES string of the molecule is O=C(Nc1ccnn1C1CCN(C(=O)Cc2cccnc2)CC1)[C@H]1CCOC1. The quantitative estimate of drug-likeness (QED) is 0.848. The largest absolute Gasteiger partial charge is 0.381 e. The van der Waals surface area contributed by atoms with Crippen LogP contribution in [0.25, 0.3) is 0 Å². The Kier molecular flexibility index (Phi) is 5.66. The Hall–Kier alpha value is -2.74. The Labute approximate surface area is 163 Å². The van der Waals surface area contributed by atoms with Crippen molar-refractivity contribution in [1.82, 2.24) is 19.7 Å². The number of amides is 2. The van der Waals surface area contributed by atoms with Gasteiger partial charge in [-0.25, -0.2) is 4.68 Å². The van der Waals surface area contributed by atoms with Crippen LogP contribution in [0.5, 0.6) is 0 Å². The number of piperidine rings is 1. The molecule has 8 nitrogen and oxygen atoms in total. The third kappa shape index (κ3) is 4.22. The number of carbonyl (C=O) groups is 2. The summed E-state index contributed by atoms with van der Waals surface area (Å²) in [6, 6.07) is 5.77. The highest BCUT2D eigenvalue weighted by Crippen LogP contribution is 2.26. The third-order valence-corrected chi connectivity index (χ3v) is 5.46. The topological polar surface area (TPSA) is 89.4 Å². The molecule has 2 saturated heterocycles. The Morgan fingerprint density at radius 2 is 2.04 bits per heavy atom. The van der Waals surface area contributed by atoms with Crippen molar-refractivity contribution in [3.63, 3.8) is 0 Å². The zero-order chi connectivity index (χ0) is 19.3. The summed E-state index contributed by atoms with van der Waals surface area (Å²) in [5.74, 6) is 0.748. The average Bonchev–Trinajstić information content (AvgIpc) is 3.41. The van der Waals surface area contributed by atoms with Crippen molar-refractivity contribution in [1.29, 1.82) is 0 Å². The lowest BCUT2D eigenvalue weighted by Gasteiger charge is -2.33. The van der Waals surface area contributed by atoms with Crippen LogP contribution in [0.3, 0.4) is 0 Å². The van der Waals surface area contributed by atoms with Gasteiger partial charge in [0.25, 0.3) is 0 Å². The van der Waals surface area contributed by atoms with E-state index in [9.17, 15) is 9.59 Å². The highest BCUT2D eigenvalue weighted by Gasteiger charge is 2.28. The van der Waals surface area contributed by atoms with Crippen LogP contribution >= 0.6 is 0 Å². The summed E-state index contributed by atoms with van der Waals surface area (Å²) in [6.45, 7) is 2.50. The van der Waals surface area contributed by atoms with E-state index in [-0.39, 0.29) is 23.8 Å². The van der Waals surface area contributed by atoms with Gasteiger partial charge in [0.1, 0.15) is 5.82 Å². The number of carbonyl (C=O) groups excluding carboxylic acids is 2. The smallest absolute Gasteiger partial charge is 0.231 e. The number of hydrogen-bond acceptors (Lipinski definition) is 5. The van der Waals surface area contributed by atoms with Gasteiger partial charge in [-0.15, -0.1) is 0 Å². The second kappa shape index (κ2) is 8.52. The number of pyridine rings is 1. The van der Waals surface area contributed by atoms with Gasteiger partial charge in [-0.1, -0.05) is 6.07 Å². The van der Waals surface area contributed by atoms with Gasteiger partial charge in [0.2, 0.25) is 11.8 Å². The Bertz CT molecular complexity index is 808. The molecule has 0 spiro atoms. The standard InChI is InChI=1S/C20H25N5O3/c26-19(12-15-2-1-7-21-13-15)24-9-4-17(5-10-24)25-18(3-8-22-25)23-20(27)16-6-11-28-14-16/h1-3,7-8,13,16-17H,4-6,9-12,14H2,(H,23,27)/t16-/m0/s1. The molecule has 4 heterocycles. The zero-order valence-electron chi connectivity index (χ0n) is 15.8. The first-order chi connectivity index (χ1) is 13.7. The lowest BCUT2D eigenvalue weighted by molar-refractivity contribution is -0.131. The zero-order valence-corrected chi connectivity index (χ0v) is 15.8. The summed E-state index contributed by atoms with van der Waals surface area (Å²) in [6.07, 6.45) is 7.92. The number of hydrogen-bond donors (Lipinski definition) is 1. The number of rotatable bonds is 5. The lowest BCUT2D eigenvalue weighted by atomic mass is 10.0. The Morgan fingerprint density at radius 1 is 1.18 bits per heavy atom. The van der Waals surface area contributed by atoms with Crippen molar-refractivity contribution in [3.8, 4) is 0 Å². The molecule has 2 aliphatic heterocycles. The monoisotopic (exact) mass is 383 g/mol. The molecule has 2 fully saturated rings. The minimum atomic E-state index is -0.0877. The summed E-state index contributed by atoms with van der Waals surface area (Å²) >= 11 is 0. The van der Waals surface area contributed by atoms with Crippen molar-refractivity contribution in [3.05, 3.63) is 42.4 Å². The number of anilines is 1. The maximum Gasteiger partial charge on any atom is 0.231 e. The van der Waals surface area contributed by atoms with Gasteiger partial charge in [-0.05, 0) is 30.9 Å². The van der Waals surface area contributed by atoms with E-state index in [4.69, 9.17) is 4.74 Å². The number of nitrogens with one attached hydrogen (secondary N) is 1. The Balaban J connectivity index is 1.32. The van der Waals surface area contributed by atoms with Crippen molar-refractivity contribution < 1.29 is 14.3 Å². The molecule has 0 saturated carbocycles. The van der Waals surface area contributed by atoms with Crippen molar-refractivity contribution in [2.24, 2.45) is 5.92 Å². The maximum atomic E-state index is 12.5. The molecule has 1 atom stereocenters. The Morgan fingerprint density at radius 3 is 2.75 bits per heavy atom. The molecular formula is C20H25N5O3. The van der Waals surface area contributed by atoms with Crippen molar-refractivity contribution >= 4 is 17.6 Å². The van der Waals surface area contributed by atoms with Crippen LogP contribution in [-0.4, -0.2) is 57.8 Å². The van der Waals surface area contributed by atoms with Crippen LogP contribution in [0.15, 0.2) is 36.8 Å². The van der Waals surface area contributed by atoms with Gasteiger partial charge in [0.05, 0.1) is 31.2 Å². The fourth-order valence-electron chi connectivity index (χ4n) is 3.82. The van der Waals surface area contributed by atoms with E-state index in [0.29, 0.717) is 32.7 Å². The molecule has 0 aliphatic carbocycles. The predicted octanol–water partition coefficient (Wildman–Crippen LogP) is 1.66. The second-order valence-corrected chi connectivity index (χ2v) is 7.36. The molecule has 2 aromatic heterocycles. The average molecular weight is 383 g/mol. The summed E-state index contributed by atoms with van der Waals surface area (Å²) in [4.78, 5) is 30.9. The number of nitrogens with zero attached hydrogens (tertiary/aromatic N) is 4. The highest BCUT2D eigenvalue weighted by molar-refractivity contribution is 5.92. The summed E-state index contributed by atoms with van der Waals surface area (Å²) < 4.78 is 7.18. The first-order valence-corrected chi connectivity index (χ1v) is 9.79. The van der Waals surface area contributed by atoms with E-state index in [2.05, 4.69) is 15.4 Å². The van der Waals surface area contributed by atoms with Crippen LogP contribution in [0, 0.1) is 5.92 Å². The molecule has 28 heavy (non-hydrogen) atoms. The van der Waals surface area contributed by atoms with Gasteiger partial charge in [0.15, 0.2) is 0 Å². The molecule has 0 radical (unpaired) electrons. The predicted molar refractivity (Wildman–Crippen MR) is 103 cm³/mol. The van der Waals surface area contributed by atoms with Crippen LogP contribution in [0.1, 0.15) is 30.9 Å². The molecule has 0 unspecified atom stereocenters. The fourth-order valence-corrected chi connectivity index (χ4v) is 3.82. The molecule has 0 bridgehead atoms. The summed E-state index contributed by atoms with van der Waals surface area (Å²) in [5.41, 5.74) is 0.933. The molecule has 8 heteroatoms. The van der Waals surface area contributed by atoms with E-state index in [1.54, 1.807) is 18.6 Å². The van der Waals surface area contributed by atoms with Crippen LogP contribution in [0.2, 0.25) is 0 Å². The number of ether oxygens (including phenoxy) is 1. The molecule has 0 aromatic carbocycles. The van der Waals surface area contributed by atoms with Crippen LogP contribution in [0.4, 0.5) is 5.82 Å². The van der Waals surface area contributed by atoms with E-state index in [1.807, 2.05) is 27.8 Å². The molecule has 148 valence electrons. The van der Waals surface area contributed by atoms with Gasteiger partial charge in [-0.2, -0.15) is 5.10 Å². The molecule has 2 amide bonds. The molecule has 4 rings (SSSR count). The number of aromatic nitrogens is 3. The fraction of sp³-hybridized carbons (Fsp3) is 0.500. The molecule has 2 aliphatic rings. The minimum absolute atomic E-state index is 0.0108. The summed E-state index contributed by atoms with van der Waals surface area (Å²) in [7, 11) is 0. The van der Waals surface area contributed by atoms with Gasteiger partial charge >= 0.3 is 0 Å². The maximum absolute atomic E-state index is 12.5. The highest BCUT2D eigenvalue weighted by atomic mass is 16.5. The van der Waals surface area contributed by atoms with Crippen LogP contribution in [-0.2, 0) is 20.7 Å². The summed E-state index contributed by atoms with van der Waals surface area (Å²) in [5, 5.41) is 7.41. The van der Waals surface area contributed by atoms with E-state index < -0.39 is 0 Å². The third-order valence-electron chi connectivity index (χ3n) is 5.46. The molecule has 1 N–H and O–H groups in total. The van der Waals surface area contributed by atoms with E-state index in [0.717, 1.165) is 30.6 Å². The van der Waals surface area contributed by atoms with Crippen molar-refractivity contribution in [2.45, 2.75) is 31.7 Å². The number of likely N-dealkylation sites (tertiary alicyclic amines) is 1. The normalized spacial score (nSPS) is 20.3. The minimum Gasteiger partial charge on any atom is -0.381 e. The van der Waals surface area contributed by atoms with E-state index in [1.165, 1.54) is 0 Å². The molecule has 2 aromatic rings. The van der Waals surface area contributed by atoms with E-state index >= 15 is 0 Å². The van der Waals surface area contributed by atoms with Gasteiger partial charge in [0, 0.05) is 38.2 Å². The first-order valence-electron chi connectivity index (χ1n) is 9.79. The second-order valence-electron chi connectivity index (χ2n) is 7.36. The van der Waals surface area contributed by atoms with Gasteiger partial charge in [-0.3, -0.25) is 14.6 Å². The first kappa shape index (κ1) is 18.6. The molecular weight excluding hydrogens is 358 g/mol. The van der Waals surface area contributed by atoms with Crippen LogP contribution < -0.4 is 5.32 Å².